The largest absolute Gasteiger partial charge is 0.311 e. The number of halogens is 1. The molecule has 0 radical (unpaired) electrons. The Labute approximate surface area is 141 Å². The van der Waals surface area contributed by atoms with Gasteiger partial charge >= 0.3 is 0 Å². The van der Waals surface area contributed by atoms with Crippen LogP contribution < -0.4 is 5.32 Å². The van der Waals surface area contributed by atoms with Gasteiger partial charge in [-0.3, -0.25) is 4.90 Å². The van der Waals surface area contributed by atoms with Gasteiger partial charge in [0.25, 0.3) is 0 Å². The Kier molecular flexibility index (Phi) is 5.65. The molecule has 2 nitrogen and oxygen atoms in total. The minimum absolute atomic E-state index is 0.478. The molecule has 0 aliphatic carbocycles. The molecule has 0 saturated carbocycles. The van der Waals surface area contributed by atoms with E-state index in [1.807, 2.05) is 0 Å². The SMILES string of the molecule is Brc1ccccc1CNCC(c1ccccc1)N1CCCC1. The van der Waals surface area contributed by atoms with Crippen molar-refractivity contribution in [3.05, 3.63) is 70.2 Å². The van der Waals surface area contributed by atoms with E-state index in [1.54, 1.807) is 0 Å². The Morgan fingerprint density at radius 3 is 2.36 bits per heavy atom. The number of hydrogen-bond donors (Lipinski definition) is 1. The fourth-order valence-electron chi connectivity index (χ4n) is 3.17. The zero-order chi connectivity index (χ0) is 15.2. The maximum absolute atomic E-state index is 3.65. The summed E-state index contributed by atoms with van der Waals surface area (Å²) in [4.78, 5) is 2.61. The van der Waals surface area contributed by atoms with Crippen LogP contribution in [0.1, 0.15) is 30.0 Å². The van der Waals surface area contributed by atoms with Crippen LogP contribution >= 0.6 is 15.9 Å². The molecule has 1 heterocycles. The van der Waals surface area contributed by atoms with Gasteiger partial charge in [0.1, 0.15) is 0 Å². The van der Waals surface area contributed by atoms with Crippen molar-refractivity contribution in [2.24, 2.45) is 0 Å². The van der Waals surface area contributed by atoms with E-state index in [9.17, 15) is 0 Å². The third-order valence-corrected chi connectivity index (χ3v) is 5.15. The van der Waals surface area contributed by atoms with Crippen molar-refractivity contribution in [1.29, 1.82) is 0 Å². The van der Waals surface area contributed by atoms with E-state index >= 15 is 0 Å². The maximum Gasteiger partial charge on any atom is 0.0472 e. The van der Waals surface area contributed by atoms with Crippen molar-refractivity contribution in [3.8, 4) is 0 Å². The second-order valence-corrected chi connectivity index (χ2v) is 6.75. The Hall–Kier alpha value is -1.16. The zero-order valence-electron chi connectivity index (χ0n) is 12.8. The highest BCUT2D eigenvalue weighted by molar-refractivity contribution is 9.10. The fraction of sp³-hybridized carbons (Fsp3) is 0.368. The van der Waals surface area contributed by atoms with E-state index < -0.39 is 0 Å². The van der Waals surface area contributed by atoms with Gasteiger partial charge < -0.3 is 5.32 Å². The molecule has 1 fully saturated rings. The second kappa shape index (κ2) is 7.91. The van der Waals surface area contributed by atoms with Crippen LogP contribution in [-0.4, -0.2) is 24.5 Å². The van der Waals surface area contributed by atoms with Gasteiger partial charge in [0, 0.05) is 23.6 Å². The predicted octanol–water partition coefficient (Wildman–Crippen LogP) is 4.38. The van der Waals surface area contributed by atoms with Gasteiger partial charge in [-0.15, -0.1) is 0 Å². The maximum atomic E-state index is 3.65. The number of nitrogens with zero attached hydrogens (tertiary/aromatic N) is 1. The predicted molar refractivity (Wildman–Crippen MR) is 95.8 cm³/mol. The molecule has 2 aromatic rings. The Morgan fingerprint density at radius 2 is 1.64 bits per heavy atom. The molecule has 116 valence electrons. The third kappa shape index (κ3) is 3.97. The van der Waals surface area contributed by atoms with Crippen LogP contribution in [0.15, 0.2) is 59.1 Å². The molecule has 0 amide bonds. The van der Waals surface area contributed by atoms with Crippen molar-refractivity contribution < 1.29 is 0 Å². The summed E-state index contributed by atoms with van der Waals surface area (Å²) in [5.41, 5.74) is 2.74. The van der Waals surface area contributed by atoms with Crippen LogP contribution in [0.25, 0.3) is 0 Å². The molecule has 1 aliphatic heterocycles. The van der Waals surface area contributed by atoms with Gasteiger partial charge in [-0.1, -0.05) is 64.5 Å². The normalized spacial score (nSPS) is 16.8. The van der Waals surface area contributed by atoms with Crippen LogP contribution in [0.2, 0.25) is 0 Å². The van der Waals surface area contributed by atoms with Crippen LogP contribution in [0, 0.1) is 0 Å². The summed E-state index contributed by atoms with van der Waals surface area (Å²) in [6.07, 6.45) is 2.65. The zero-order valence-corrected chi connectivity index (χ0v) is 14.4. The molecule has 1 atom stereocenters. The van der Waals surface area contributed by atoms with Gasteiger partial charge in [-0.05, 0) is 43.1 Å². The number of nitrogens with one attached hydrogen (secondary N) is 1. The number of benzene rings is 2. The van der Waals surface area contributed by atoms with Crippen LogP contribution in [0.5, 0.6) is 0 Å². The Balaban J connectivity index is 1.64. The lowest BCUT2D eigenvalue weighted by atomic mass is 10.1. The minimum atomic E-state index is 0.478. The molecule has 1 saturated heterocycles. The smallest absolute Gasteiger partial charge is 0.0472 e. The average Bonchev–Trinajstić information content (AvgIpc) is 3.08. The van der Waals surface area contributed by atoms with Gasteiger partial charge in [0.15, 0.2) is 0 Å². The first-order chi connectivity index (χ1) is 10.8. The molecule has 0 spiro atoms. The summed E-state index contributed by atoms with van der Waals surface area (Å²) >= 11 is 3.62. The van der Waals surface area contributed by atoms with Crippen molar-refractivity contribution >= 4 is 15.9 Å². The molecule has 1 aliphatic rings. The van der Waals surface area contributed by atoms with E-state index in [1.165, 1.54) is 41.5 Å². The number of likely N-dealkylation sites (tertiary alicyclic amines) is 1. The number of hydrogen-bond acceptors (Lipinski definition) is 2. The highest BCUT2D eigenvalue weighted by Crippen LogP contribution is 2.24. The molecule has 0 aromatic heterocycles. The topological polar surface area (TPSA) is 15.3 Å². The first-order valence-electron chi connectivity index (χ1n) is 8.08. The quantitative estimate of drug-likeness (QED) is 0.824. The van der Waals surface area contributed by atoms with E-state index in [0.717, 1.165) is 13.1 Å². The highest BCUT2D eigenvalue weighted by atomic mass is 79.9. The first-order valence-corrected chi connectivity index (χ1v) is 8.87. The fourth-order valence-corrected chi connectivity index (χ4v) is 3.60. The molecular formula is C19H23BrN2. The van der Waals surface area contributed by atoms with Gasteiger partial charge in [-0.2, -0.15) is 0 Å². The molecule has 22 heavy (non-hydrogen) atoms. The Morgan fingerprint density at radius 1 is 0.955 bits per heavy atom. The van der Waals surface area contributed by atoms with Gasteiger partial charge in [0.05, 0.1) is 0 Å². The molecule has 1 unspecified atom stereocenters. The lowest BCUT2D eigenvalue weighted by Crippen LogP contribution is -2.34. The average molecular weight is 359 g/mol. The molecule has 1 N–H and O–H groups in total. The lowest BCUT2D eigenvalue weighted by Gasteiger charge is -2.28. The summed E-state index contributed by atoms with van der Waals surface area (Å²) in [7, 11) is 0. The van der Waals surface area contributed by atoms with E-state index in [2.05, 4.69) is 80.7 Å². The van der Waals surface area contributed by atoms with Crippen LogP contribution in [0.3, 0.4) is 0 Å². The monoisotopic (exact) mass is 358 g/mol. The van der Waals surface area contributed by atoms with Crippen LogP contribution in [-0.2, 0) is 6.54 Å². The number of rotatable bonds is 6. The second-order valence-electron chi connectivity index (χ2n) is 5.89. The van der Waals surface area contributed by atoms with Crippen LogP contribution in [0.4, 0.5) is 0 Å². The molecule has 3 rings (SSSR count). The van der Waals surface area contributed by atoms with Gasteiger partial charge in [-0.25, -0.2) is 0 Å². The van der Waals surface area contributed by atoms with Crippen molar-refractivity contribution in [2.45, 2.75) is 25.4 Å². The molecule has 3 heteroatoms. The standard InChI is InChI=1S/C19H23BrN2/c20-18-11-5-4-10-17(18)14-21-15-19(22-12-6-7-13-22)16-8-2-1-3-9-16/h1-5,8-11,19,21H,6-7,12-15H2. The van der Waals surface area contributed by atoms with E-state index in [0.29, 0.717) is 6.04 Å². The summed E-state index contributed by atoms with van der Waals surface area (Å²) in [6, 6.07) is 19.8. The van der Waals surface area contributed by atoms with Crippen molar-refractivity contribution in [3.63, 3.8) is 0 Å². The summed E-state index contributed by atoms with van der Waals surface area (Å²) in [5.74, 6) is 0. The first kappa shape index (κ1) is 15.7. The minimum Gasteiger partial charge on any atom is -0.311 e. The third-order valence-electron chi connectivity index (χ3n) is 4.38. The summed E-state index contributed by atoms with van der Waals surface area (Å²) < 4.78 is 1.18. The molecule has 2 aromatic carbocycles. The summed E-state index contributed by atoms with van der Waals surface area (Å²) in [6.45, 7) is 4.33. The molecular weight excluding hydrogens is 336 g/mol. The van der Waals surface area contributed by atoms with E-state index in [-0.39, 0.29) is 0 Å². The van der Waals surface area contributed by atoms with Gasteiger partial charge in [0.2, 0.25) is 0 Å². The highest BCUT2D eigenvalue weighted by Gasteiger charge is 2.22. The summed E-state index contributed by atoms with van der Waals surface area (Å²) in [5, 5.41) is 3.65. The van der Waals surface area contributed by atoms with E-state index in [4.69, 9.17) is 0 Å². The molecule has 0 bridgehead atoms. The lowest BCUT2D eigenvalue weighted by molar-refractivity contribution is 0.238. The van der Waals surface area contributed by atoms with Crippen molar-refractivity contribution in [1.82, 2.24) is 10.2 Å². The van der Waals surface area contributed by atoms with Crippen molar-refractivity contribution in [2.75, 3.05) is 19.6 Å². The Bertz CT molecular complexity index is 579.